The van der Waals surface area contributed by atoms with E-state index in [0.717, 1.165) is 10.2 Å². The topological polar surface area (TPSA) is 50.5 Å². The molecule has 0 aliphatic carbocycles. The van der Waals surface area contributed by atoms with Crippen LogP contribution in [0.3, 0.4) is 0 Å². The van der Waals surface area contributed by atoms with Crippen LogP contribution in [-0.2, 0) is 0 Å². The molecule has 0 atom stereocenters. The molecule has 5 heteroatoms. The van der Waals surface area contributed by atoms with E-state index in [0.29, 0.717) is 10.5 Å². The minimum atomic E-state index is 0.479. The first-order chi connectivity index (χ1) is 8.27. The highest BCUT2D eigenvalue weighted by molar-refractivity contribution is 9.10. The van der Waals surface area contributed by atoms with E-state index < -0.39 is 0 Å². The van der Waals surface area contributed by atoms with Crippen molar-refractivity contribution in [1.29, 1.82) is 0 Å². The van der Waals surface area contributed by atoms with Gasteiger partial charge in [-0.2, -0.15) is 0 Å². The van der Waals surface area contributed by atoms with Crippen LogP contribution in [-0.4, -0.2) is 4.86 Å². The van der Waals surface area contributed by atoms with Gasteiger partial charge < -0.3 is 5.21 Å². The van der Waals surface area contributed by atoms with Crippen molar-refractivity contribution in [1.82, 2.24) is 0 Å². The molecule has 0 unspecified atom stereocenters. The van der Waals surface area contributed by atoms with Gasteiger partial charge in [0.2, 0.25) is 0 Å². The smallest absolute Gasteiger partial charge is 0.161 e. The van der Waals surface area contributed by atoms with E-state index in [1.807, 2.05) is 30.3 Å². The molecule has 1 N–H and O–H groups in total. The van der Waals surface area contributed by atoms with Crippen LogP contribution in [0.25, 0.3) is 0 Å². The molecule has 17 heavy (non-hydrogen) atoms. The van der Waals surface area contributed by atoms with Crippen LogP contribution in [0.5, 0.6) is 0 Å². The third kappa shape index (κ3) is 3.04. The first-order valence-electron chi connectivity index (χ1n) is 5.01. The standard InChI is InChI=1S/C12H10BrN3O/c13-11-8-4-5-9-12(11)14-15-16(17)10-6-2-1-3-7-10/h1-9,14H/b16-15+. The number of rotatable bonds is 3. The summed E-state index contributed by atoms with van der Waals surface area (Å²) in [5.74, 6) is 0. The molecule has 0 radical (unpaired) electrons. The van der Waals surface area contributed by atoms with Gasteiger partial charge in [0.05, 0.1) is 9.70 Å². The SMILES string of the molecule is [O-]/[N+](=N/Nc1ccccc1Br)c1ccccc1. The largest absolute Gasteiger partial charge is 0.691 e. The first-order valence-corrected chi connectivity index (χ1v) is 5.80. The van der Waals surface area contributed by atoms with Crippen molar-refractivity contribution in [2.24, 2.45) is 5.22 Å². The lowest BCUT2D eigenvalue weighted by molar-refractivity contribution is -0.439. The van der Waals surface area contributed by atoms with Gasteiger partial charge >= 0.3 is 0 Å². The summed E-state index contributed by atoms with van der Waals surface area (Å²) in [4.78, 5) is 0.541. The molecule has 0 amide bonds. The van der Waals surface area contributed by atoms with Crippen LogP contribution in [0.2, 0.25) is 0 Å². The van der Waals surface area contributed by atoms with Gasteiger partial charge in [-0.05, 0) is 40.2 Å². The maximum Gasteiger partial charge on any atom is 0.161 e. The van der Waals surface area contributed by atoms with Gasteiger partial charge in [0.15, 0.2) is 11.4 Å². The van der Waals surface area contributed by atoms with Gasteiger partial charge in [-0.3, -0.25) is 0 Å². The molecule has 86 valence electrons. The van der Waals surface area contributed by atoms with Gasteiger partial charge in [-0.1, -0.05) is 30.3 Å². The summed E-state index contributed by atoms with van der Waals surface area (Å²) in [5, 5.41) is 15.3. The maximum absolute atomic E-state index is 11.6. The molecule has 0 saturated heterocycles. The predicted molar refractivity (Wildman–Crippen MR) is 69.9 cm³/mol. The predicted octanol–water partition coefficient (Wildman–Crippen LogP) is 4.07. The zero-order valence-electron chi connectivity index (χ0n) is 8.88. The van der Waals surface area contributed by atoms with Gasteiger partial charge in [-0.15, -0.1) is 10.3 Å². The molecule has 0 spiro atoms. The Balaban J connectivity index is 2.14. The molecule has 0 aliphatic heterocycles. The van der Waals surface area contributed by atoms with Gasteiger partial charge in [0.1, 0.15) is 0 Å². The molecule has 0 fully saturated rings. The fraction of sp³-hybridized carbons (Fsp3) is 0. The van der Waals surface area contributed by atoms with E-state index in [4.69, 9.17) is 0 Å². The molecular formula is C12H10BrN3O. The normalized spacial score (nSPS) is 11.2. The fourth-order valence-corrected chi connectivity index (χ4v) is 1.64. The lowest BCUT2D eigenvalue weighted by atomic mass is 10.3. The molecule has 0 aromatic heterocycles. The number of hydrogen-bond acceptors (Lipinski definition) is 2. The molecule has 0 saturated carbocycles. The molecule has 2 aromatic carbocycles. The molecule has 2 aromatic rings. The van der Waals surface area contributed by atoms with Crippen molar-refractivity contribution >= 4 is 27.3 Å². The summed E-state index contributed by atoms with van der Waals surface area (Å²) in [7, 11) is 0. The molecule has 4 nitrogen and oxygen atoms in total. The van der Waals surface area contributed by atoms with Crippen molar-refractivity contribution in [3.63, 3.8) is 0 Å². The van der Waals surface area contributed by atoms with E-state index in [9.17, 15) is 5.21 Å². The second-order valence-electron chi connectivity index (χ2n) is 3.30. The summed E-state index contributed by atoms with van der Waals surface area (Å²) in [6.07, 6.45) is 0. The van der Waals surface area contributed by atoms with Crippen molar-refractivity contribution in [2.75, 3.05) is 5.43 Å². The molecule has 0 bridgehead atoms. The Morgan fingerprint density at radius 2 is 1.65 bits per heavy atom. The molecule has 0 aliphatic rings. The van der Waals surface area contributed by atoms with E-state index in [1.54, 1.807) is 24.3 Å². The molecular weight excluding hydrogens is 282 g/mol. The van der Waals surface area contributed by atoms with Gasteiger partial charge in [0, 0.05) is 0 Å². The Morgan fingerprint density at radius 3 is 2.35 bits per heavy atom. The highest BCUT2D eigenvalue weighted by Gasteiger charge is 2.02. The van der Waals surface area contributed by atoms with Crippen molar-refractivity contribution in [2.45, 2.75) is 0 Å². The Morgan fingerprint density at radius 1 is 1.00 bits per heavy atom. The van der Waals surface area contributed by atoms with Crippen LogP contribution < -0.4 is 5.43 Å². The number of anilines is 1. The summed E-state index contributed by atoms with van der Waals surface area (Å²) in [6.45, 7) is 0. The zero-order chi connectivity index (χ0) is 12.1. The second-order valence-corrected chi connectivity index (χ2v) is 4.15. The zero-order valence-corrected chi connectivity index (χ0v) is 10.5. The second kappa shape index (κ2) is 5.45. The minimum Gasteiger partial charge on any atom is -0.691 e. The van der Waals surface area contributed by atoms with Crippen molar-refractivity contribution in [3.05, 3.63) is 64.3 Å². The fourth-order valence-electron chi connectivity index (χ4n) is 1.26. The number of nitrogens with zero attached hydrogens (tertiary/aromatic N) is 2. The maximum atomic E-state index is 11.6. The third-order valence-corrected chi connectivity index (χ3v) is 2.80. The van der Waals surface area contributed by atoms with Crippen LogP contribution in [0.4, 0.5) is 11.4 Å². The average molecular weight is 292 g/mol. The quantitative estimate of drug-likeness (QED) is 0.526. The van der Waals surface area contributed by atoms with E-state index >= 15 is 0 Å². The number of halogens is 1. The highest BCUT2D eigenvalue weighted by Crippen LogP contribution is 2.21. The van der Waals surface area contributed by atoms with Crippen LogP contribution in [0.1, 0.15) is 0 Å². The number of nitrogens with one attached hydrogen (secondary N) is 1. The Bertz CT molecular complexity index is 528. The van der Waals surface area contributed by atoms with Gasteiger partial charge in [-0.25, -0.2) is 0 Å². The number of hydrogen-bond donors (Lipinski definition) is 1. The average Bonchev–Trinajstić information content (AvgIpc) is 2.38. The van der Waals surface area contributed by atoms with E-state index in [-0.39, 0.29) is 0 Å². The summed E-state index contributed by atoms with van der Waals surface area (Å²) < 4.78 is 0.852. The first kappa shape index (κ1) is 11.6. The third-order valence-electron chi connectivity index (χ3n) is 2.11. The van der Waals surface area contributed by atoms with E-state index in [1.165, 1.54) is 0 Å². The lowest BCUT2D eigenvalue weighted by Gasteiger charge is -2.04. The lowest BCUT2D eigenvalue weighted by Crippen LogP contribution is -1.98. The Hall–Kier alpha value is -1.88. The minimum absolute atomic E-state index is 0.479. The molecule has 0 heterocycles. The Labute approximate surface area is 107 Å². The van der Waals surface area contributed by atoms with Crippen molar-refractivity contribution < 1.29 is 4.86 Å². The number of benzene rings is 2. The number of para-hydroxylation sites is 2. The highest BCUT2D eigenvalue weighted by atomic mass is 79.9. The van der Waals surface area contributed by atoms with Crippen LogP contribution in [0.15, 0.2) is 64.3 Å². The Kier molecular flexibility index (Phi) is 3.72. The van der Waals surface area contributed by atoms with Crippen LogP contribution >= 0.6 is 15.9 Å². The monoisotopic (exact) mass is 291 g/mol. The van der Waals surface area contributed by atoms with Crippen LogP contribution in [0, 0.1) is 5.21 Å². The summed E-state index contributed by atoms with van der Waals surface area (Å²) in [5.41, 5.74) is 3.92. The van der Waals surface area contributed by atoms with Gasteiger partial charge in [0.25, 0.3) is 0 Å². The molecule has 2 rings (SSSR count). The summed E-state index contributed by atoms with van der Waals surface area (Å²) >= 11 is 3.36. The summed E-state index contributed by atoms with van der Waals surface area (Å²) in [6, 6.07) is 16.3. The van der Waals surface area contributed by atoms with Crippen molar-refractivity contribution in [3.8, 4) is 0 Å². The van der Waals surface area contributed by atoms with E-state index in [2.05, 4.69) is 26.6 Å².